The number of halogens is 2. The maximum absolute atomic E-state index is 13.8. The Morgan fingerprint density at radius 2 is 1.76 bits per heavy atom. The van der Waals surface area contributed by atoms with Crippen molar-refractivity contribution in [2.45, 2.75) is 38.0 Å². The predicted molar refractivity (Wildman–Crippen MR) is 151 cm³/mol. The first-order valence-corrected chi connectivity index (χ1v) is 13.9. The molecule has 3 aliphatic heterocycles. The van der Waals surface area contributed by atoms with Crippen molar-refractivity contribution < 1.29 is 14.7 Å². The third kappa shape index (κ3) is 5.32. The summed E-state index contributed by atoms with van der Waals surface area (Å²) in [6, 6.07) is 10.4. The van der Waals surface area contributed by atoms with Gasteiger partial charge < -0.3 is 30.0 Å². The molecule has 0 unspecified atom stereocenters. The second-order valence-corrected chi connectivity index (χ2v) is 11.6. The fraction of sp³-hybridized carbons (Fsp3) is 0.500. The van der Waals surface area contributed by atoms with Gasteiger partial charge in [0.05, 0.1) is 18.1 Å². The molecule has 2 N–H and O–H groups in total. The SMILES string of the molecule is C[C@H](O)[C@@H]1C(=O)N2CCc3ccc(N4CCN(C)CC4)cc3[C@@H]2C[C@@H]1N(C)C(=O)Nc1cc(Cl)cc(Cl)c1. The maximum atomic E-state index is 13.8. The lowest BCUT2D eigenvalue weighted by atomic mass is 9.77. The molecule has 8 nitrogen and oxygen atoms in total. The summed E-state index contributed by atoms with van der Waals surface area (Å²) in [5.41, 5.74) is 4.03. The fourth-order valence-electron chi connectivity index (χ4n) is 6.11. The summed E-state index contributed by atoms with van der Waals surface area (Å²) in [4.78, 5) is 35.3. The molecule has 0 bridgehead atoms. The largest absolute Gasteiger partial charge is 0.393 e. The van der Waals surface area contributed by atoms with Crippen LogP contribution in [-0.2, 0) is 11.2 Å². The number of carbonyl (C=O) groups excluding carboxylic acids is 2. The van der Waals surface area contributed by atoms with Gasteiger partial charge in [-0.25, -0.2) is 4.79 Å². The van der Waals surface area contributed by atoms with E-state index < -0.39 is 18.1 Å². The highest BCUT2D eigenvalue weighted by Gasteiger charge is 2.48. The first kappa shape index (κ1) is 27.1. The molecular formula is C28H35Cl2N5O3. The normalized spacial score (nSPS) is 24.5. The Morgan fingerprint density at radius 3 is 2.42 bits per heavy atom. The Bertz CT molecular complexity index is 1200. The van der Waals surface area contributed by atoms with Crippen molar-refractivity contribution in [3.63, 3.8) is 0 Å². The second kappa shape index (κ2) is 10.9. The van der Waals surface area contributed by atoms with Crippen molar-refractivity contribution in [3.8, 4) is 0 Å². The highest BCUT2D eigenvalue weighted by atomic mass is 35.5. The Labute approximate surface area is 234 Å². The van der Waals surface area contributed by atoms with Crippen LogP contribution in [0.3, 0.4) is 0 Å². The Kier molecular flexibility index (Phi) is 7.78. The van der Waals surface area contributed by atoms with Gasteiger partial charge in [0, 0.05) is 67.2 Å². The second-order valence-electron chi connectivity index (χ2n) is 10.7. The molecule has 0 aromatic heterocycles. The molecule has 10 heteroatoms. The number of nitrogens with zero attached hydrogens (tertiary/aromatic N) is 4. The molecule has 38 heavy (non-hydrogen) atoms. The summed E-state index contributed by atoms with van der Waals surface area (Å²) in [5, 5.41) is 14.3. The Morgan fingerprint density at radius 1 is 1.08 bits per heavy atom. The maximum Gasteiger partial charge on any atom is 0.321 e. The van der Waals surface area contributed by atoms with E-state index in [0.717, 1.165) is 38.2 Å². The summed E-state index contributed by atoms with van der Waals surface area (Å²) < 4.78 is 0. The average molecular weight is 561 g/mol. The number of piperidine rings is 1. The van der Waals surface area contributed by atoms with Crippen LogP contribution in [-0.4, -0.2) is 90.7 Å². The van der Waals surface area contributed by atoms with Crippen LogP contribution in [0, 0.1) is 5.92 Å². The Hall–Kier alpha value is -2.52. The number of nitrogens with one attached hydrogen (secondary N) is 1. The van der Waals surface area contributed by atoms with Crippen molar-refractivity contribution in [2.75, 3.05) is 57.0 Å². The lowest BCUT2D eigenvalue weighted by molar-refractivity contribution is -0.151. The third-order valence-corrected chi connectivity index (χ3v) is 8.69. The van der Waals surface area contributed by atoms with E-state index >= 15 is 0 Å². The van der Waals surface area contributed by atoms with Crippen molar-refractivity contribution in [2.24, 2.45) is 5.92 Å². The first-order chi connectivity index (χ1) is 18.1. The van der Waals surface area contributed by atoms with Crippen LogP contribution < -0.4 is 10.2 Å². The van der Waals surface area contributed by atoms with E-state index in [4.69, 9.17) is 23.2 Å². The number of rotatable bonds is 4. The number of anilines is 2. The molecule has 5 rings (SSSR count). The fourth-order valence-corrected chi connectivity index (χ4v) is 6.64. The molecule has 2 saturated heterocycles. The molecule has 2 aromatic rings. The minimum atomic E-state index is -0.901. The van der Waals surface area contributed by atoms with Gasteiger partial charge in [0.15, 0.2) is 0 Å². The van der Waals surface area contributed by atoms with Crippen LogP contribution in [0.4, 0.5) is 16.2 Å². The number of hydrogen-bond donors (Lipinski definition) is 2. The van der Waals surface area contributed by atoms with E-state index in [-0.39, 0.29) is 18.0 Å². The molecule has 3 heterocycles. The smallest absolute Gasteiger partial charge is 0.321 e. The highest BCUT2D eigenvalue weighted by molar-refractivity contribution is 6.35. The van der Waals surface area contributed by atoms with Gasteiger partial charge in [-0.15, -0.1) is 0 Å². The van der Waals surface area contributed by atoms with E-state index in [2.05, 4.69) is 40.4 Å². The van der Waals surface area contributed by atoms with Gasteiger partial charge in [-0.3, -0.25) is 4.79 Å². The van der Waals surface area contributed by atoms with Crippen LogP contribution >= 0.6 is 23.2 Å². The van der Waals surface area contributed by atoms with Crippen molar-refractivity contribution in [1.29, 1.82) is 0 Å². The van der Waals surface area contributed by atoms with Crippen LogP contribution in [0.1, 0.15) is 30.5 Å². The molecule has 0 aliphatic carbocycles. The molecule has 0 spiro atoms. The summed E-state index contributed by atoms with van der Waals surface area (Å²) in [5.74, 6) is -0.824. The molecule has 2 fully saturated rings. The number of benzene rings is 2. The molecule has 2 aromatic carbocycles. The van der Waals surface area contributed by atoms with Gasteiger partial charge in [0.2, 0.25) is 5.91 Å². The van der Waals surface area contributed by atoms with Crippen LogP contribution in [0.15, 0.2) is 36.4 Å². The number of amides is 3. The van der Waals surface area contributed by atoms with Crippen molar-refractivity contribution in [3.05, 3.63) is 57.6 Å². The third-order valence-electron chi connectivity index (χ3n) is 8.25. The van der Waals surface area contributed by atoms with Crippen LogP contribution in [0.25, 0.3) is 0 Å². The van der Waals surface area contributed by atoms with Gasteiger partial charge in [-0.05, 0) is 68.3 Å². The van der Waals surface area contributed by atoms with E-state index in [0.29, 0.717) is 28.7 Å². The lowest BCUT2D eigenvalue weighted by Crippen LogP contribution is -2.60. The quantitative estimate of drug-likeness (QED) is 0.589. The van der Waals surface area contributed by atoms with Gasteiger partial charge in [0.25, 0.3) is 0 Å². The summed E-state index contributed by atoms with van der Waals surface area (Å²) in [7, 11) is 3.82. The van der Waals surface area contributed by atoms with E-state index in [9.17, 15) is 14.7 Å². The van der Waals surface area contributed by atoms with E-state index in [1.807, 2.05) is 4.90 Å². The van der Waals surface area contributed by atoms with Crippen molar-refractivity contribution >= 4 is 46.5 Å². The van der Waals surface area contributed by atoms with Gasteiger partial charge in [-0.1, -0.05) is 29.3 Å². The highest BCUT2D eigenvalue weighted by Crippen LogP contribution is 2.43. The summed E-state index contributed by atoms with van der Waals surface area (Å²) >= 11 is 12.2. The number of fused-ring (bicyclic) bond motifs is 3. The summed E-state index contributed by atoms with van der Waals surface area (Å²) in [6.07, 6.45) is 0.423. The molecule has 0 saturated carbocycles. The minimum absolute atomic E-state index is 0.109. The molecule has 204 valence electrons. The standard InChI is InChI=1S/C28H35Cl2N5O3/c1-17(36)26-25(33(3)28(38)31-21-13-19(29)12-20(30)14-21)16-24-23-15-22(34-10-8-32(2)9-11-34)5-4-18(23)6-7-35(24)27(26)37/h4-5,12-15,17,24-26,36H,6-11,16H2,1-3H3,(H,31,38)/t17-,24-,25-,26-/m0/s1. The number of hydrogen-bond acceptors (Lipinski definition) is 5. The zero-order chi connectivity index (χ0) is 27.1. The molecule has 4 atom stereocenters. The molecular weight excluding hydrogens is 525 g/mol. The number of likely N-dealkylation sites (N-methyl/N-ethyl adjacent to an activating group) is 1. The zero-order valence-corrected chi connectivity index (χ0v) is 23.5. The van der Waals surface area contributed by atoms with Crippen LogP contribution in [0.5, 0.6) is 0 Å². The number of urea groups is 1. The lowest BCUT2D eigenvalue weighted by Gasteiger charge is -2.49. The van der Waals surface area contributed by atoms with E-state index in [1.165, 1.54) is 11.3 Å². The van der Waals surface area contributed by atoms with Crippen molar-refractivity contribution in [1.82, 2.24) is 14.7 Å². The van der Waals surface area contributed by atoms with Crippen LogP contribution in [0.2, 0.25) is 10.0 Å². The molecule has 3 amide bonds. The van der Waals surface area contributed by atoms with E-state index in [1.54, 1.807) is 37.1 Å². The first-order valence-electron chi connectivity index (χ1n) is 13.2. The molecule has 0 radical (unpaired) electrons. The minimum Gasteiger partial charge on any atom is -0.393 e. The topological polar surface area (TPSA) is 79.4 Å². The van der Waals surface area contributed by atoms with Gasteiger partial charge in [-0.2, -0.15) is 0 Å². The monoisotopic (exact) mass is 559 g/mol. The predicted octanol–water partition coefficient (Wildman–Crippen LogP) is 4.10. The number of piperazine rings is 1. The number of carbonyl (C=O) groups is 2. The van der Waals surface area contributed by atoms with Gasteiger partial charge >= 0.3 is 6.03 Å². The molecule has 3 aliphatic rings. The number of aliphatic hydroxyl groups excluding tert-OH is 1. The van der Waals surface area contributed by atoms with Gasteiger partial charge in [0.1, 0.15) is 0 Å². The zero-order valence-electron chi connectivity index (χ0n) is 22.0. The average Bonchev–Trinajstić information content (AvgIpc) is 2.87. The number of aliphatic hydroxyl groups is 1. The Balaban J connectivity index is 1.42. The summed E-state index contributed by atoms with van der Waals surface area (Å²) in [6.45, 7) is 6.19.